The molecule has 0 aromatic heterocycles. The number of carbonyl (C=O) groups excluding carboxylic acids is 3. The fraction of sp³-hybridized carbons (Fsp3) is 0.550. The molecule has 0 aliphatic carbocycles. The van der Waals surface area contributed by atoms with Crippen molar-refractivity contribution in [2.45, 2.75) is 32.7 Å². The summed E-state index contributed by atoms with van der Waals surface area (Å²) in [5, 5.41) is 2.96. The van der Waals surface area contributed by atoms with E-state index in [0.29, 0.717) is 13.1 Å². The number of hydrogen-bond donors (Lipinski definition) is 1. The maximum Gasteiger partial charge on any atom is 0.321 e. The molecule has 7 nitrogen and oxygen atoms in total. The highest BCUT2D eigenvalue weighted by Gasteiger charge is 2.42. The maximum atomic E-state index is 12.8. The Morgan fingerprint density at radius 2 is 1.78 bits per heavy atom. The molecule has 1 aromatic rings. The third kappa shape index (κ3) is 4.23. The van der Waals surface area contributed by atoms with Gasteiger partial charge in [0.2, 0.25) is 11.8 Å². The zero-order valence-electron chi connectivity index (χ0n) is 16.5. The van der Waals surface area contributed by atoms with Crippen molar-refractivity contribution >= 4 is 23.5 Å². The smallest absolute Gasteiger partial charge is 0.321 e. The lowest BCUT2D eigenvalue weighted by Gasteiger charge is -2.35. The number of nitrogens with one attached hydrogen (secondary N) is 1. The van der Waals surface area contributed by atoms with Gasteiger partial charge in [-0.1, -0.05) is 6.07 Å². The number of anilines is 1. The van der Waals surface area contributed by atoms with Crippen LogP contribution >= 0.6 is 0 Å². The summed E-state index contributed by atoms with van der Waals surface area (Å²) in [6.45, 7) is 4.93. The number of piperidine rings is 1. The van der Waals surface area contributed by atoms with E-state index in [1.54, 1.807) is 23.9 Å². The van der Waals surface area contributed by atoms with E-state index < -0.39 is 0 Å². The average molecular weight is 372 g/mol. The van der Waals surface area contributed by atoms with Crippen LogP contribution in [0, 0.1) is 19.8 Å². The Hall–Kier alpha value is -2.57. The quantitative estimate of drug-likeness (QED) is 0.880. The molecule has 2 bridgehead atoms. The molecule has 7 heteroatoms. The minimum Gasteiger partial charge on any atom is -0.347 e. The van der Waals surface area contributed by atoms with Crippen molar-refractivity contribution in [1.82, 2.24) is 14.7 Å². The largest absolute Gasteiger partial charge is 0.347 e. The van der Waals surface area contributed by atoms with Crippen molar-refractivity contribution in [3.05, 3.63) is 29.3 Å². The number of carbonyl (C=O) groups is 3. The Kier molecular flexibility index (Phi) is 5.39. The number of fused-ring (bicyclic) bond motifs is 4. The van der Waals surface area contributed by atoms with Crippen molar-refractivity contribution in [3.63, 3.8) is 0 Å². The van der Waals surface area contributed by atoms with Crippen molar-refractivity contribution in [2.75, 3.05) is 39.0 Å². The first-order valence-corrected chi connectivity index (χ1v) is 9.39. The topological polar surface area (TPSA) is 73.0 Å². The van der Waals surface area contributed by atoms with Crippen LogP contribution in [0.15, 0.2) is 18.2 Å². The lowest BCUT2D eigenvalue weighted by molar-refractivity contribution is -0.145. The van der Waals surface area contributed by atoms with Gasteiger partial charge in [-0.3, -0.25) is 9.59 Å². The Labute approximate surface area is 160 Å². The first-order chi connectivity index (χ1) is 12.7. The molecule has 27 heavy (non-hydrogen) atoms. The van der Waals surface area contributed by atoms with E-state index in [1.165, 1.54) is 4.90 Å². The number of hydrogen-bond acceptors (Lipinski definition) is 3. The first-order valence-electron chi connectivity index (χ1n) is 9.39. The average Bonchev–Trinajstić information content (AvgIpc) is 2.86. The molecule has 0 unspecified atom stereocenters. The van der Waals surface area contributed by atoms with Gasteiger partial charge in [0.1, 0.15) is 6.54 Å². The van der Waals surface area contributed by atoms with Gasteiger partial charge in [0.05, 0.1) is 5.92 Å². The Balaban J connectivity index is 1.72. The minimum atomic E-state index is -0.233. The number of amides is 4. The van der Waals surface area contributed by atoms with E-state index in [-0.39, 0.29) is 36.3 Å². The summed E-state index contributed by atoms with van der Waals surface area (Å²) in [6.07, 6.45) is 1.59. The summed E-state index contributed by atoms with van der Waals surface area (Å²) in [4.78, 5) is 42.6. The highest BCUT2D eigenvalue weighted by atomic mass is 16.2. The summed E-state index contributed by atoms with van der Waals surface area (Å²) >= 11 is 0. The second-order valence-electron chi connectivity index (χ2n) is 7.89. The second kappa shape index (κ2) is 7.58. The first kappa shape index (κ1) is 19.2. The standard InChI is InChI=1S/C20H28N4O3/c1-13-7-14(2)9-16(8-13)21-20(27)23-10-15-5-6-17(11-23)24(19(15)26)12-18(25)22(3)4/h7-9,15,17H,5-6,10-12H2,1-4H3,(H,21,27)/t15-,17+/m1/s1. The molecule has 3 saturated heterocycles. The van der Waals surface area contributed by atoms with E-state index in [4.69, 9.17) is 0 Å². The summed E-state index contributed by atoms with van der Waals surface area (Å²) < 4.78 is 0. The fourth-order valence-corrected chi connectivity index (χ4v) is 3.95. The van der Waals surface area contributed by atoms with Crippen LogP contribution in [-0.2, 0) is 9.59 Å². The molecule has 4 rings (SSSR count). The van der Waals surface area contributed by atoms with Gasteiger partial charge < -0.3 is 20.0 Å². The van der Waals surface area contributed by atoms with E-state index in [1.807, 2.05) is 26.0 Å². The predicted octanol–water partition coefficient (Wildman–Crippen LogP) is 1.85. The molecule has 3 aliphatic heterocycles. The lowest BCUT2D eigenvalue weighted by atomic mass is 9.94. The van der Waals surface area contributed by atoms with Crippen LogP contribution in [0.1, 0.15) is 24.0 Å². The molecule has 2 atom stereocenters. The second-order valence-corrected chi connectivity index (χ2v) is 7.89. The van der Waals surface area contributed by atoms with Crippen LogP contribution in [0.3, 0.4) is 0 Å². The van der Waals surface area contributed by atoms with Crippen LogP contribution in [0.4, 0.5) is 10.5 Å². The number of aryl methyl sites for hydroxylation is 2. The molecular formula is C20H28N4O3. The number of benzene rings is 1. The van der Waals surface area contributed by atoms with Gasteiger partial charge in [-0.15, -0.1) is 0 Å². The highest BCUT2D eigenvalue weighted by Crippen LogP contribution is 2.29. The Bertz CT molecular complexity index is 741. The molecule has 3 fully saturated rings. The van der Waals surface area contributed by atoms with Gasteiger partial charge in [0.15, 0.2) is 0 Å². The lowest BCUT2D eigenvalue weighted by Crippen LogP contribution is -2.51. The van der Waals surface area contributed by atoms with Gasteiger partial charge >= 0.3 is 6.03 Å². The molecule has 0 saturated carbocycles. The highest BCUT2D eigenvalue weighted by molar-refractivity contribution is 5.91. The van der Waals surface area contributed by atoms with Crippen molar-refractivity contribution in [2.24, 2.45) is 5.92 Å². The molecule has 1 N–H and O–H groups in total. The van der Waals surface area contributed by atoms with Gasteiger partial charge in [-0.2, -0.15) is 0 Å². The van der Waals surface area contributed by atoms with Crippen molar-refractivity contribution in [3.8, 4) is 0 Å². The van der Waals surface area contributed by atoms with E-state index in [9.17, 15) is 14.4 Å². The third-order valence-electron chi connectivity index (χ3n) is 5.36. The van der Waals surface area contributed by atoms with Crippen LogP contribution in [0.2, 0.25) is 0 Å². The zero-order chi connectivity index (χ0) is 19.7. The van der Waals surface area contributed by atoms with Crippen LogP contribution < -0.4 is 5.32 Å². The van der Waals surface area contributed by atoms with Crippen molar-refractivity contribution < 1.29 is 14.4 Å². The van der Waals surface area contributed by atoms with E-state index in [2.05, 4.69) is 11.4 Å². The zero-order valence-corrected chi connectivity index (χ0v) is 16.5. The van der Waals surface area contributed by atoms with Crippen molar-refractivity contribution in [1.29, 1.82) is 0 Å². The molecule has 4 amide bonds. The molecule has 0 radical (unpaired) electrons. The number of likely N-dealkylation sites (N-methyl/N-ethyl adjacent to an activating group) is 1. The minimum absolute atomic E-state index is 0.0110. The maximum absolute atomic E-state index is 12.8. The van der Waals surface area contributed by atoms with Crippen LogP contribution in [0.25, 0.3) is 0 Å². The van der Waals surface area contributed by atoms with Gasteiger partial charge in [0, 0.05) is 38.9 Å². The van der Waals surface area contributed by atoms with Gasteiger partial charge in [-0.05, 0) is 49.9 Å². The number of nitrogens with zero attached hydrogens (tertiary/aromatic N) is 3. The summed E-state index contributed by atoms with van der Waals surface area (Å²) in [7, 11) is 3.37. The molecule has 0 spiro atoms. The van der Waals surface area contributed by atoms with Crippen LogP contribution in [0.5, 0.6) is 0 Å². The van der Waals surface area contributed by atoms with E-state index >= 15 is 0 Å². The fourth-order valence-electron chi connectivity index (χ4n) is 3.95. The van der Waals surface area contributed by atoms with Gasteiger partial charge in [0.25, 0.3) is 0 Å². The SMILES string of the molecule is Cc1cc(C)cc(NC(=O)N2C[C@H]3CC[C@@H](C2)N(CC(=O)N(C)C)C3=O)c1. The molecule has 3 heterocycles. The summed E-state index contributed by atoms with van der Waals surface area (Å²) in [5.41, 5.74) is 2.94. The molecular weight excluding hydrogens is 344 g/mol. The predicted molar refractivity (Wildman–Crippen MR) is 103 cm³/mol. The number of rotatable bonds is 3. The monoisotopic (exact) mass is 372 g/mol. The molecule has 3 aliphatic rings. The van der Waals surface area contributed by atoms with Gasteiger partial charge in [-0.25, -0.2) is 4.79 Å². The molecule has 146 valence electrons. The third-order valence-corrected chi connectivity index (χ3v) is 5.36. The Morgan fingerprint density at radius 3 is 2.41 bits per heavy atom. The molecule has 1 aromatic carbocycles. The summed E-state index contributed by atoms with van der Waals surface area (Å²) in [5.74, 6) is -0.339. The number of urea groups is 1. The normalized spacial score (nSPS) is 21.9. The summed E-state index contributed by atoms with van der Waals surface area (Å²) in [6, 6.07) is 5.63. The van der Waals surface area contributed by atoms with Crippen LogP contribution in [-0.4, -0.2) is 72.3 Å². The van der Waals surface area contributed by atoms with E-state index in [0.717, 1.165) is 29.7 Å². The Morgan fingerprint density at radius 1 is 1.11 bits per heavy atom.